The van der Waals surface area contributed by atoms with Crippen LogP contribution in [0.1, 0.15) is 26.3 Å². The fraction of sp³-hybridized carbons (Fsp3) is 0.500. The minimum absolute atomic E-state index is 0.187. The number of aromatic nitrogens is 2. The first-order chi connectivity index (χ1) is 8.56. The molecule has 0 aliphatic heterocycles. The zero-order chi connectivity index (χ0) is 13.0. The lowest BCUT2D eigenvalue weighted by molar-refractivity contribution is 0.421. The molecule has 0 saturated heterocycles. The molecule has 0 aliphatic carbocycles. The van der Waals surface area contributed by atoms with E-state index < -0.39 is 0 Å². The Bertz CT molecular complexity index is 496. The molecule has 2 N–H and O–H groups in total. The first kappa shape index (κ1) is 13.1. The average Bonchev–Trinajstić information content (AvgIpc) is 2.71. The molecule has 0 saturated carbocycles. The first-order valence-electron chi connectivity index (χ1n) is 6.43. The molecule has 0 amide bonds. The van der Waals surface area contributed by atoms with Crippen LogP contribution in [0.25, 0.3) is 5.52 Å². The van der Waals surface area contributed by atoms with Gasteiger partial charge in [0.1, 0.15) is 0 Å². The van der Waals surface area contributed by atoms with Gasteiger partial charge in [-0.15, -0.1) is 0 Å². The monoisotopic (exact) mass is 246 g/mol. The topological polar surface area (TPSA) is 41.4 Å². The van der Waals surface area contributed by atoms with Crippen molar-refractivity contribution in [1.82, 2.24) is 20.2 Å². The van der Waals surface area contributed by atoms with Gasteiger partial charge in [-0.1, -0.05) is 6.07 Å². The quantitative estimate of drug-likeness (QED) is 0.791. The third-order valence-corrected chi connectivity index (χ3v) is 2.78. The van der Waals surface area contributed by atoms with Gasteiger partial charge in [0.15, 0.2) is 0 Å². The van der Waals surface area contributed by atoms with Crippen molar-refractivity contribution in [3.05, 3.63) is 36.2 Å². The Morgan fingerprint density at radius 2 is 2.06 bits per heavy atom. The van der Waals surface area contributed by atoms with Gasteiger partial charge in [-0.05, 0) is 32.9 Å². The van der Waals surface area contributed by atoms with Crippen LogP contribution in [0, 0.1) is 0 Å². The van der Waals surface area contributed by atoms with Crippen LogP contribution >= 0.6 is 0 Å². The minimum Gasteiger partial charge on any atom is -0.311 e. The number of pyridine rings is 1. The third-order valence-electron chi connectivity index (χ3n) is 2.78. The second kappa shape index (κ2) is 5.50. The maximum atomic E-state index is 4.32. The van der Waals surface area contributed by atoms with E-state index in [4.69, 9.17) is 0 Å². The van der Waals surface area contributed by atoms with Crippen molar-refractivity contribution in [3.63, 3.8) is 0 Å². The summed E-state index contributed by atoms with van der Waals surface area (Å²) in [6, 6.07) is 6.13. The summed E-state index contributed by atoms with van der Waals surface area (Å²) in [7, 11) is 0. The standard InChI is InChI=1S/C14H22N4/c1-14(2,3)16-8-7-15-10-12-11-17-18-9-5-4-6-13(12)18/h4-6,9,11,15-16H,7-8,10H2,1-3H3. The zero-order valence-electron chi connectivity index (χ0n) is 11.4. The van der Waals surface area contributed by atoms with E-state index in [1.807, 2.05) is 29.0 Å². The Balaban J connectivity index is 1.80. The van der Waals surface area contributed by atoms with Crippen LogP contribution in [0.3, 0.4) is 0 Å². The SMILES string of the molecule is CC(C)(C)NCCNCc1cnn2ccccc12. The number of rotatable bonds is 5. The normalized spacial score (nSPS) is 12.2. The summed E-state index contributed by atoms with van der Waals surface area (Å²) < 4.78 is 1.91. The Labute approximate surface area is 108 Å². The minimum atomic E-state index is 0.187. The molecule has 0 fully saturated rings. The molecule has 0 aliphatic rings. The van der Waals surface area contributed by atoms with E-state index in [2.05, 4.69) is 42.6 Å². The van der Waals surface area contributed by atoms with E-state index in [0.717, 1.165) is 19.6 Å². The molecule has 0 spiro atoms. The van der Waals surface area contributed by atoms with Gasteiger partial charge < -0.3 is 10.6 Å². The third kappa shape index (κ3) is 3.55. The van der Waals surface area contributed by atoms with Gasteiger partial charge in [0, 0.05) is 36.9 Å². The molecule has 4 heteroatoms. The first-order valence-corrected chi connectivity index (χ1v) is 6.43. The van der Waals surface area contributed by atoms with E-state index in [0.29, 0.717) is 0 Å². The average molecular weight is 246 g/mol. The van der Waals surface area contributed by atoms with Crippen LogP contribution in [0.15, 0.2) is 30.6 Å². The molecular formula is C14H22N4. The summed E-state index contributed by atoms with van der Waals surface area (Å²) in [4.78, 5) is 0. The van der Waals surface area contributed by atoms with Crippen LogP contribution in [-0.4, -0.2) is 28.2 Å². The highest BCUT2D eigenvalue weighted by Gasteiger charge is 2.07. The molecule has 0 atom stereocenters. The summed E-state index contributed by atoms with van der Waals surface area (Å²) in [6.45, 7) is 9.33. The van der Waals surface area contributed by atoms with Crippen molar-refractivity contribution < 1.29 is 0 Å². The van der Waals surface area contributed by atoms with Crippen LogP contribution in [0.2, 0.25) is 0 Å². The van der Waals surface area contributed by atoms with Crippen LogP contribution in [0.4, 0.5) is 0 Å². The molecule has 0 aromatic carbocycles. The molecule has 2 aromatic rings. The molecule has 18 heavy (non-hydrogen) atoms. The molecule has 2 aromatic heterocycles. The summed E-state index contributed by atoms with van der Waals surface area (Å²) in [5, 5.41) is 11.2. The Kier molecular flexibility index (Phi) is 3.99. The number of hydrogen-bond donors (Lipinski definition) is 2. The number of nitrogens with one attached hydrogen (secondary N) is 2. The molecular weight excluding hydrogens is 224 g/mol. The van der Waals surface area contributed by atoms with Crippen molar-refractivity contribution in [2.24, 2.45) is 0 Å². The van der Waals surface area contributed by atoms with Gasteiger partial charge >= 0.3 is 0 Å². The fourth-order valence-corrected chi connectivity index (χ4v) is 1.87. The highest BCUT2D eigenvalue weighted by molar-refractivity contribution is 5.53. The van der Waals surface area contributed by atoms with Crippen LogP contribution in [0.5, 0.6) is 0 Å². The summed E-state index contributed by atoms with van der Waals surface area (Å²) in [5.74, 6) is 0. The predicted octanol–water partition coefficient (Wildman–Crippen LogP) is 1.81. The van der Waals surface area contributed by atoms with Gasteiger partial charge in [-0.2, -0.15) is 5.10 Å². The van der Waals surface area contributed by atoms with E-state index in [9.17, 15) is 0 Å². The lowest BCUT2D eigenvalue weighted by atomic mass is 10.1. The predicted molar refractivity (Wildman–Crippen MR) is 74.7 cm³/mol. The summed E-state index contributed by atoms with van der Waals surface area (Å²) in [6.07, 6.45) is 3.90. The number of hydrogen-bond acceptors (Lipinski definition) is 3. The lowest BCUT2D eigenvalue weighted by Gasteiger charge is -2.20. The molecule has 98 valence electrons. The van der Waals surface area contributed by atoms with E-state index >= 15 is 0 Å². The Morgan fingerprint density at radius 1 is 1.22 bits per heavy atom. The second-order valence-corrected chi connectivity index (χ2v) is 5.55. The van der Waals surface area contributed by atoms with Gasteiger partial charge in [0.25, 0.3) is 0 Å². The van der Waals surface area contributed by atoms with Gasteiger partial charge in [-0.3, -0.25) is 0 Å². The molecule has 0 unspecified atom stereocenters. The van der Waals surface area contributed by atoms with Crippen molar-refractivity contribution in [1.29, 1.82) is 0 Å². The maximum Gasteiger partial charge on any atom is 0.0706 e. The van der Waals surface area contributed by atoms with Crippen molar-refractivity contribution in [2.45, 2.75) is 32.9 Å². The zero-order valence-corrected chi connectivity index (χ0v) is 11.4. The highest BCUT2D eigenvalue weighted by Crippen LogP contribution is 2.08. The summed E-state index contributed by atoms with van der Waals surface area (Å²) in [5.41, 5.74) is 2.60. The van der Waals surface area contributed by atoms with Gasteiger partial charge in [0.2, 0.25) is 0 Å². The van der Waals surface area contributed by atoms with Gasteiger partial charge in [0.05, 0.1) is 11.7 Å². The van der Waals surface area contributed by atoms with Gasteiger partial charge in [-0.25, -0.2) is 4.52 Å². The molecule has 0 radical (unpaired) electrons. The highest BCUT2D eigenvalue weighted by atomic mass is 15.2. The molecule has 4 nitrogen and oxygen atoms in total. The van der Waals surface area contributed by atoms with E-state index in [-0.39, 0.29) is 5.54 Å². The molecule has 0 bridgehead atoms. The lowest BCUT2D eigenvalue weighted by Crippen LogP contribution is -2.40. The smallest absolute Gasteiger partial charge is 0.0706 e. The molecule has 2 heterocycles. The summed E-state index contributed by atoms with van der Waals surface area (Å²) >= 11 is 0. The second-order valence-electron chi connectivity index (χ2n) is 5.55. The van der Waals surface area contributed by atoms with Crippen LogP contribution < -0.4 is 10.6 Å². The largest absolute Gasteiger partial charge is 0.311 e. The number of fused-ring (bicyclic) bond motifs is 1. The van der Waals surface area contributed by atoms with E-state index in [1.165, 1.54) is 11.1 Å². The Hall–Kier alpha value is -1.39. The Morgan fingerprint density at radius 3 is 2.83 bits per heavy atom. The van der Waals surface area contributed by atoms with Crippen molar-refractivity contribution in [2.75, 3.05) is 13.1 Å². The van der Waals surface area contributed by atoms with E-state index in [1.54, 1.807) is 0 Å². The van der Waals surface area contributed by atoms with Crippen molar-refractivity contribution >= 4 is 5.52 Å². The maximum absolute atomic E-state index is 4.32. The molecule has 2 rings (SSSR count). The fourth-order valence-electron chi connectivity index (χ4n) is 1.87. The van der Waals surface area contributed by atoms with Crippen LogP contribution in [-0.2, 0) is 6.54 Å². The van der Waals surface area contributed by atoms with Crippen molar-refractivity contribution in [3.8, 4) is 0 Å². The number of nitrogens with zero attached hydrogens (tertiary/aromatic N) is 2.